The molecule has 2 aliphatic heterocycles. The molecule has 4 nitrogen and oxygen atoms in total. The van der Waals surface area contributed by atoms with Crippen LogP contribution in [0.5, 0.6) is 0 Å². The lowest BCUT2D eigenvalue weighted by Gasteiger charge is -2.32. The van der Waals surface area contributed by atoms with Crippen LogP contribution in [-0.2, 0) is 14.6 Å². The Bertz CT molecular complexity index is 288. The summed E-state index contributed by atoms with van der Waals surface area (Å²) in [6, 6.07) is 0.359. The highest BCUT2D eigenvalue weighted by Crippen LogP contribution is 2.20. The Hall–Kier alpha value is -0.130. The van der Waals surface area contributed by atoms with E-state index >= 15 is 0 Å². The molecule has 0 aromatic heterocycles. The molecule has 2 heterocycles. The standard InChI is InChI=1S/C8H15NO3S/c1-2-6-3-12-8-5-13(10,11)4-7(8)9-6/h6-9H,2-5H2,1H3. The average Bonchev–Trinajstić information content (AvgIpc) is 2.36. The van der Waals surface area contributed by atoms with Crippen LogP contribution in [0.15, 0.2) is 0 Å². The predicted molar refractivity (Wildman–Crippen MR) is 49.4 cm³/mol. The Labute approximate surface area is 78.6 Å². The molecule has 2 aliphatic rings. The molecule has 3 atom stereocenters. The molecule has 0 bridgehead atoms. The van der Waals surface area contributed by atoms with Gasteiger partial charge >= 0.3 is 0 Å². The monoisotopic (exact) mass is 205 g/mol. The van der Waals surface area contributed by atoms with Crippen LogP contribution in [0.4, 0.5) is 0 Å². The third kappa shape index (κ3) is 1.87. The molecule has 13 heavy (non-hydrogen) atoms. The van der Waals surface area contributed by atoms with E-state index < -0.39 is 9.84 Å². The Morgan fingerprint density at radius 1 is 1.46 bits per heavy atom. The second-order valence-electron chi connectivity index (χ2n) is 3.83. The number of hydrogen-bond donors (Lipinski definition) is 1. The molecule has 1 N–H and O–H groups in total. The number of morpholine rings is 1. The number of ether oxygens (including phenoxy) is 1. The zero-order chi connectivity index (χ0) is 9.47. The molecule has 0 aromatic carbocycles. The molecule has 0 amide bonds. The normalized spacial score (nSPS) is 43.0. The SMILES string of the molecule is CCC1COC2CS(=O)(=O)CC2N1. The zero-order valence-electron chi connectivity index (χ0n) is 7.69. The summed E-state index contributed by atoms with van der Waals surface area (Å²) in [5.41, 5.74) is 0. The van der Waals surface area contributed by atoms with Gasteiger partial charge in [0.05, 0.1) is 24.2 Å². The number of sulfone groups is 1. The van der Waals surface area contributed by atoms with Crippen molar-refractivity contribution in [3.63, 3.8) is 0 Å². The van der Waals surface area contributed by atoms with E-state index in [1.54, 1.807) is 0 Å². The molecule has 0 saturated carbocycles. The maximum atomic E-state index is 11.3. The van der Waals surface area contributed by atoms with Gasteiger partial charge in [0.25, 0.3) is 0 Å². The number of nitrogens with one attached hydrogen (secondary N) is 1. The van der Waals surface area contributed by atoms with Crippen molar-refractivity contribution in [1.82, 2.24) is 5.32 Å². The van der Waals surface area contributed by atoms with Gasteiger partial charge in [-0.3, -0.25) is 0 Å². The van der Waals surface area contributed by atoms with Crippen LogP contribution in [0.2, 0.25) is 0 Å². The Kier molecular flexibility index (Phi) is 2.33. The van der Waals surface area contributed by atoms with Crippen LogP contribution >= 0.6 is 0 Å². The van der Waals surface area contributed by atoms with Crippen LogP contribution in [0.1, 0.15) is 13.3 Å². The van der Waals surface area contributed by atoms with Crippen molar-refractivity contribution in [2.24, 2.45) is 0 Å². The van der Waals surface area contributed by atoms with E-state index in [9.17, 15) is 8.42 Å². The Morgan fingerprint density at radius 2 is 2.23 bits per heavy atom. The van der Waals surface area contributed by atoms with E-state index in [1.165, 1.54) is 0 Å². The third-order valence-corrected chi connectivity index (χ3v) is 4.46. The van der Waals surface area contributed by atoms with E-state index in [0.29, 0.717) is 12.6 Å². The van der Waals surface area contributed by atoms with E-state index in [4.69, 9.17) is 4.74 Å². The molecule has 2 saturated heterocycles. The second-order valence-corrected chi connectivity index (χ2v) is 5.98. The van der Waals surface area contributed by atoms with Gasteiger partial charge < -0.3 is 10.1 Å². The van der Waals surface area contributed by atoms with Crippen LogP contribution < -0.4 is 5.32 Å². The van der Waals surface area contributed by atoms with Crippen molar-refractivity contribution in [2.45, 2.75) is 31.5 Å². The molecule has 5 heteroatoms. The van der Waals surface area contributed by atoms with Crippen molar-refractivity contribution in [3.05, 3.63) is 0 Å². The first-order chi connectivity index (χ1) is 6.11. The minimum absolute atomic E-state index is 0.0312. The highest BCUT2D eigenvalue weighted by Gasteiger charge is 2.41. The molecule has 0 aliphatic carbocycles. The van der Waals surface area contributed by atoms with Crippen LogP contribution in [-0.4, -0.2) is 44.7 Å². The molecular formula is C8H15NO3S. The first-order valence-electron chi connectivity index (χ1n) is 4.69. The quantitative estimate of drug-likeness (QED) is 0.630. The van der Waals surface area contributed by atoms with Gasteiger partial charge in [0.2, 0.25) is 0 Å². The fourth-order valence-electron chi connectivity index (χ4n) is 1.96. The summed E-state index contributed by atoms with van der Waals surface area (Å²) in [7, 11) is -2.85. The predicted octanol–water partition coefficient (Wildman–Crippen LogP) is -0.450. The third-order valence-electron chi connectivity index (χ3n) is 2.75. The van der Waals surface area contributed by atoms with Gasteiger partial charge in [-0.1, -0.05) is 6.92 Å². The highest BCUT2D eigenvalue weighted by molar-refractivity contribution is 7.91. The molecule has 0 spiro atoms. The van der Waals surface area contributed by atoms with E-state index in [-0.39, 0.29) is 23.7 Å². The Balaban J connectivity index is 2.06. The summed E-state index contributed by atoms with van der Waals surface area (Å²) < 4.78 is 28.0. The fraction of sp³-hybridized carbons (Fsp3) is 1.00. The maximum Gasteiger partial charge on any atom is 0.154 e. The van der Waals surface area contributed by atoms with Gasteiger partial charge in [0.1, 0.15) is 0 Å². The van der Waals surface area contributed by atoms with Gasteiger partial charge in [-0.05, 0) is 6.42 Å². The van der Waals surface area contributed by atoms with Crippen molar-refractivity contribution in [2.75, 3.05) is 18.1 Å². The molecule has 76 valence electrons. The molecule has 0 aromatic rings. The molecule has 3 unspecified atom stereocenters. The largest absolute Gasteiger partial charge is 0.374 e. The van der Waals surface area contributed by atoms with E-state index in [2.05, 4.69) is 12.2 Å². The van der Waals surface area contributed by atoms with Gasteiger partial charge in [-0.25, -0.2) is 8.42 Å². The molecule has 2 fully saturated rings. The van der Waals surface area contributed by atoms with Gasteiger partial charge in [-0.2, -0.15) is 0 Å². The summed E-state index contributed by atoms with van der Waals surface area (Å²) in [5, 5.41) is 3.32. The van der Waals surface area contributed by atoms with Crippen molar-refractivity contribution in [1.29, 1.82) is 0 Å². The average molecular weight is 205 g/mol. The second kappa shape index (κ2) is 3.22. The lowest BCUT2D eigenvalue weighted by atomic mass is 10.1. The lowest BCUT2D eigenvalue weighted by molar-refractivity contribution is -0.00412. The van der Waals surface area contributed by atoms with Crippen molar-refractivity contribution in [3.8, 4) is 0 Å². The summed E-state index contributed by atoms with van der Waals surface area (Å²) in [6.45, 7) is 2.72. The maximum absolute atomic E-state index is 11.3. The summed E-state index contributed by atoms with van der Waals surface area (Å²) in [6.07, 6.45) is 0.885. The van der Waals surface area contributed by atoms with Crippen LogP contribution in [0, 0.1) is 0 Å². The molecular weight excluding hydrogens is 190 g/mol. The van der Waals surface area contributed by atoms with Crippen molar-refractivity contribution >= 4 is 9.84 Å². The smallest absolute Gasteiger partial charge is 0.154 e. The minimum Gasteiger partial charge on any atom is -0.374 e. The highest BCUT2D eigenvalue weighted by atomic mass is 32.2. The summed E-state index contributed by atoms with van der Waals surface area (Å²) in [5.74, 6) is 0.440. The minimum atomic E-state index is -2.85. The molecule has 2 rings (SSSR count). The summed E-state index contributed by atoms with van der Waals surface area (Å²) >= 11 is 0. The summed E-state index contributed by atoms with van der Waals surface area (Å²) in [4.78, 5) is 0. The van der Waals surface area contributed by atoms with E-state index in [0.717, 1.165) is 6.42 Å². The lowest BCUT2D eigenvalue weighted by Crippen LogP contribution is -2.53. The van der Waals surface area contributed by atoms with Crippen LogP contribution in [0.25, 0.3) is 0 Å². The number of hydrogen-bond acceptors (Lipinski definition) is 4. The van der Waals surface area contributed by atoms with Gasteiger partial charge in [0.15, 0.2) is 9.84 Å². The zero-order valence-corrected chi connectivity index (χ0v) is 8.51. The fourth-order valence-corrected chi connectivity index (χ4v) is 3.78. The topological polar surface area (TPSA) is 55.4 Å². The molecule has 0 radical (unpaired) electrons. The first-order valence-corrected chi connectivity index (χ1v) is 6.51. The van der Waals surface area contributed by atoms with Crippen molar-refractivity contribution < 1.29 is 13.2 Å². The van der Waals surface area contributed by atoms with E-state index in [1.807, 2.05) is 0 Å². The van der Waals surface area contributed by atoms with Gasteiger partial charge in [-0.15, -0.1) is 0 Å². The Morgan fingerprint density at radius 3 is 2.92 bits per heavy atom. The number of rotatable bonds is 1. The first kappa shape index (κ1) is 9.43. The van der Waals surface area contributed by atoms with Crippen LogP contribution in [0.3, 0.4) is 0 Å². The number of fused-ring (bicyclic) bond motifs is 1. The van der Waals surface area contributed by atoms with Gasteiger partial charge in [0, 0.05) is 12.1 Å².